The molecule has 6 heteroatoms. The van der Waals surface area contributed by atoms with E-state index in [1.807, 2.05) is 47.9 Å². The highest BCUT2D eigenvalue weighted by molar-refractivity contribution is 7.17. The number of nitrogens with zero attached hydrogens (tertiary/aromatic N) is 3. The highest BCUT2D eigenvalue weighted by Crippen LogP contribution is 2.29. The van der Waals surface area contributed by atoms with Crippen LogP contribution in [0.5, 0.6) is 0 Å². The highest BCUT2D eigenvalue weighted by Gasteiger charge is 2.14. The molecular formula is C21H17N3O2S. The smallest absolute Gasteiger partial charge is 0.194 e. The Morgan fingerprint density at radius 2 is 1.93 bits per heavy atom. The van der Waals surface area contributed by atoms with Crippen LogP contribution >= 0.6 is 11.3 Å². The fourth-order valence-corrected chi connectivity index (χ4v) is 3.71. The lowest BCUT2D eigenvalue weighted by molar-refractivity contribution is 0.104. The lowest BCUT2D eigenvalue weighted by Crippen LogP contribution is -1.94. The van der Waals surface area contributed by atoms with E-state index in [2.05, 4.69) is 4.98 Å². The number of aliphatic hydroxyl groups is 1. The summed E-state index contributed by atoms with van der Waals surface area (Å²) in [5, 5.41) is 9.25. The molecule has 0 saturated carbocycles. The normalized spacial score (nSPS) is 11.5. The Morgan fingerprint density at radius 3 is 2.63 bits per heavy atom. The van der Waals surface area contributed by atoms with E-state index in [1.165, 1.54) is 0 Å². The first-order chi connectivity index (χ1) is 13.2. The van der Waals surface area contributed by atoms with Crippen LogP contribution in [0.15, 0.2) is 61.1 Å². The second-order valence-corrected chi connectivity index (χ2v) is 7.34. The van der Waals surface area contributed by atoms with E-state index in [4.69, 9.17) is 4.98 Å². The van der Waals surface area contributed by atoms with Crippen LogP contribution in [-0.4, -0.2) is 25.3 Å². The topological polar surface area (TPSA) is 67.5 Å². The number of hydrogen-bond donors (Lipinski definition) is 1. The van der Waals surface area contributed by atoms with Crippen LogP contribution in [0.3, 0.4) is 0 Å². The van der Waals surface area contributed by atoms with Gasteiger partial charge in [-0.2, -0.15) is 0 Å². The van der Waals surface area contributed by atoms with Gasteiger partial charge in [-0.3, -0.25) is 14.2 Å². The van der Waals surface area contributed by atoms with Crippen molar-refractivity contribution >= 4 is 28.2 Å². The van der Waals surface area contributed by atoms with Crippen LogP contribution < -0.4 is 0 Å². The fraction of sp³-hybridized carbons (Fsp3) is 0.0952. The minimum Gasteiger partial charge on any atom is -0.392 e. The van der Waals surface area contributed by atoms with Crippen LogP contribution in [-0.2, 0) is 6.61 Å². The number of allylic oxidation sites excluding steroid dienone is 1. The number of carbonyl (C=O) groups is 1. The molecule has 0 saturated heterocycles. The molecule has 134 valence electrons. The maximum absolute atomic E-state index is 12.4. The first kappa shape index (κ1) is 17.3. The largest absolute Gasteiger partial charge is 0.392 e. The summed E-state index contributed by atoms with van der Waals surface area (Å²) in [4.78, 5) is 23.2. The van der Waals surface area contributed by atoms with Crippen molar-refractivity contribution < 1.29 is 9.90 Å². The van der Waals surface area contributed by atoms with Gasteiger partial charge in [0, 0.05) is 34.6 Å². The highest BCUT2D eigenvalue weighted by atomic mass is 32.1. The maximum atomic E-state index is 12.4. The van der Waals surface area contributed by atoms with Crippen molar-refractivity contribution in [1.29, 1.82) is 0 Å². The van der Waals surface area contributed by atoms with Crippen LogP contribution in [0.2, 0.25) is 0 Å². The van der Waals surface area contributed by atoms with Gasteiger partial charge in [0.2, 0.25) is 0 Å². The summed E-state index contributed by atoms with van der Waals surface area (Å²) in [6.45, 7) is 2.04. The summed E-state index contributed by atoms with van der Waals surface area (Å²) < 4.78 is 2.01. The average molecular weight is 375 g/mol. The van der Waals surface area contributed by atoms with Crippen molar-refractivity contribution in [2.45, 2.75) is 13.5 Å². The van der Waals surface area contributed by atoms with Crippen molar-refractivity contribution in [2.24, 2.45) is 0 Å². The second kappa shape index (κ2) is 7.26. The molecule has 1 N–H and O–H groups in total. The first-order valence-corrected chi connectivity index (χ1v) is 9.28. The Hall–Kier alpha value is -3.09. The van der Waals surface area contributed by atoms with Crippen LogP contribution in [0.4, 0.5) is 0 Å². The average Bonchev–Trinajstić information content (AvgIpc) is 3.23. The van der Waals surface area contributed by atoms with Crippen molar-refractivity contribution in [2.75, 3.05) is 0 Å². The number of carbonyl (C=O) groups excluding carboxylic acids is 1. The van der Waals surface area contributed by atoms with E-state index in [9.17, 15) is 9.90 Å². The van der Waals surface area contributed by atoms with E-state index in [0.717, 1.165) is 32.4 Å². The first-order valence-electron chi connectivity index (χ1n) is 8.47. The number of fused-ring (bicyclic) bond motifs is 1. The number of aromatic nitrogens is 3. The Kier molecular flexibility index (Phi) is 4.66. The monoisotopic (exact) mass is 375 g/mol. The van der Waals surface area contributed by atoms with Gasteiger partial charge < -0.3 is 5.11 Å². The van der Waals surface area contributed by atoms with E-state index in [0.29, 0.717) is 5.56 Å². The summed E-state index contributed by atoms with van der Waals surface area (Å²) in [7, 11) is 0. The number of ketones is 1. The quantitative estimate of drug-likeness (QED) is 0.420. The molecule has 1 aromatic carbocycles. The van der Waals surface area contributed by atoms with Gasteiger partial charge in [0.05, 0.1) is 18.0 Å². The van der Waals surface area contributed by atoms with E-state index in [-0.39, 0.29) is 12.4 Å². The molecule has 5 nitrogen and oxygen atoms in total. The molecular weight excluding hydrogens is 358 g/mol. The Balaban J connectivity index is 1.77. The van der Waals surface area contributed by atoms with Crippen molar-refractivity contribution in [3.05, 3.63) is 82.8 Å². The zero-order valence-corrected chi connectivity index (χ0v) is 15.5. The third-order valence-electron chi connectivity index (χ3n) is 4.25. The predicted molar refractivity (Wildman–Crippen MR) is 107 cm³/mol. The van der Waals surface area contributed by atoms with Crippen molar-refractivity contribution in [3.8, 4) is 11.3 Å². The molecule has 0 aliphatic heterocycles. The molecule has 0 amide bonds. The number of thiazole rings is 1. The number of benzene rings is 1. The molecule has 3 aromatic heterocycles. The molecule has 0 unspecified atom stereocenters. The van der Waals surface area contributed by atoms with Crippen LogP contribution in [0.25, 0.3) is 22.3 Å². The Labute approximate surface area is 160 Å². The van der Waals surface area contributed by atoms with Crippen molar-refractivity contribution in [1.82, 2.24) is 14.4 Å². The van der Waals surface area contributed by atoms with Crippen LogP contribution in [0, 0.1) is 6.92 Å². The van der Waals surface area contributed by atoms with Gasteiger partial charge in [-0.05, 0) is 36.8 Å². The minimum absolute atomic E-state index is 0.00491. The second-order valence-electron chi connectivity index (χ2n) is 6.13. The molecule has 0 radical (unpaired) electrons. The molecule has 4 rings (SSSR count). The lowest BCUT2D eigenvalue weighted by atomic mass is 10.1. The molecule has 3 heterocycles. The standard InChI is InChI=1S/C21H17N3O2S/c1-14-12-24-18(6-7-19(26)16-8-10-22-11-9-16)20(23-21(24)27-14)17-4-2-15(13-25)3-5-17/h2-12,25H,13H2,1H3/b7-6+. The number of aryl methyl sites for hydroxylation is 1. The molecule has 0 fully saturated rings. The lowest BCUT2D eigenvalue weighted by Gasteiger charge is -2.02. The number of aliphatic hydroxyl groups excluding tert-OH is 1. The van der Waals surface area contributed by atoms with Gasteiger partial charge >= 0.3 is 0 Å². The summed E-state index contributed by atoms with van der Waals surface area (Å²) in [6, 6.07) is 11.0. The molecule has 27 heavy (non-hydrogen) atoms. The zero-order valence-electron chi connectivity index (χ0n) is 14.7. The molecule has 0 atom stereocenters. The third-order valence-corrected chi connectivity index (χ3v) is 5.14. The number of pyridine rings is 1. The minimum atomic E-state index is -0.0825. The SMILES string of the molecule is Cc1cn2c(/C=C/C(=O)c3ccncc3)c(-c3ccc(CO)cc3)nc2s1. The maximum Gasteiger partial charge on any atom is 0.194 e. The van der Waals surface area contributed by atoms with Gasteiger partial charge in [0.1, 0.15) is 0 Å². The number of hydrogen-bond acceptors (Lipinski definition) is 5. The zero-order chi connectivity index (χ0) is 18.8. The summed E-state index contributed by atoms with van der Waals surface area (Å²) >= 11 is 1.60. The van der Waals surface area contributed by atoms with Gasteiger partial charge in [0.25, 0.3) is 0 Å². The van der Waals surface area contributed by atoms with Crippen molar-refractivity contribution in [3.63, 3.8) is 0 Å². The van der Waals surface area contributed by atoms with Gasteiger partial charge in [0.15, 0.2) is 10.7 Å². The van der Waals surface area contributed by atoms with E-state index >= 15 is 0 Å². The number of imidazole rings is 1. The fourth-order valence-electron chi connectivity index (χ4n) is 2.88. The molecule has 0 bridgehead atoms. The summed E-state index contributed by atoms with van der Waals surface area (Å²) in [6.07, 6.45) is 8.61. The Bertz CT molecular complexity index is 1130. The molecule has 0 aliphatic rings. The van der Waals surface area contributed by atoms with Crippen LogP contribution in [0.1, 0.15) is 26.5 Å². The molecule has 0 aliphatic carbocycles. The Morgan fingerprint density at radius 1 is 1.19 bits per heavy atom. The molecule has 4 aromatic rings. The number of rotatable bonds is 5. The van der Waals surface area contributed by atoms with Gasteiger partial charge in [-0.15, -0.1) is 11.3 Å². The summed E-state index contributed by atoms with van der Waals surface area (Å²) in [5.41, 5.74) is 4.05. The van der Waals surface area contributed by atoms with Gasteiger partial charge in [-0.25, -0.2) is 4.98 Å². The third kappa shape index (κ3) is 3.45. The molecule has 0 spiro atoms. The van der Waals surface area contributed by atoms with E-state index in [1.54, 1.807) is 41.9 Å². The van der Waals surface area contributed by atoms with E-state index < -0.39 is 0 Å². The van der Waals surface area contributed by atoms with Gasteiger partial charge in [-0.1, -0.05) is 24.3 Å². The predicted octanol–water partition coefficient (Wildman–Crippen LogP) is 4.15. The summed E-state index contributed by atoms with van der Waals surface area (Å²) in [5.74, 6) is -0.0825.